The minimum atomic E-state index is -1.86. The molecule has 0 aromatic heterocycles. The van der Waals surface area contributed by atoms with Crippen molar-refractivity contribution in [3.8, 4) is 0 Å². The average molecular weight is 413 g/mol. The Kier molecular flexibility index (Phi) is 7.31. The second kappa shape index (κ2) is 8.64. The van der Waals surface area contributed by atoms with Crippen molar-refractivity contribution in [3.63, 3.8) is 0 Å². The zero-order valence-corrected chi connectivity index (χ0v) is 20.8. The molecule has 2 atom stereocenters. The third-order valence-corrected chi connectivity index (χ3v) is 11.4. The van der Waals surface area contributed by atoms with Crippen molar-refractivity contribution in [1.82, 2.24) is 9.80 Å². The Balaban J connectivity index is 2.13. The number of hydrogen-bond donors (Lipinski definition) is 0. The van der Waals surface area contributed by atoms with Gasteiger partial charge in [0.1, 0.15) is 5.60 Å². The number of likely N-dealkylation sites (tertiary alicyclic amines) is 2. The summed E-state index contributed by atoms with van der Waals surface area (Å²) in [7, 11) is -1.86. The molecule has 2 aliphatic heterocycles. The lowest BCUT2D eigenvalue weighted by molar-refractivity contribution is 0.0127. The highest BCUT2D eigenvalue weighted by Gasteiger charge is 2.46. The SMILES string of the molecule is CCN1CCC([C@@H]2C[C@@H](O[Si](C)(C)C(C)(C)C)CN2C(=O)OC(C)(C)C)CC1. The highest BCUT2D eigenvalue weighted by Crippen LogP contribution is 2.40. The molecule has 0 aromatic carbocycles. The molecule has 0 bridgehead atoms. The fraction of sp³-hybridized carbons (Fsp3) is 0.955. The maximum Gasteiger partial charge on any atom is 0.410 e. The monoisotopic (exact) mass is 412 g/mol. The first-order chi connectivity index (χ1) is 12.7. The van der Waals surface area contributed by atoms with E-state index in [1.807, 2.05) is 25.7 Å². The van der Waals surface area contributed by atoms with Crippen molar-refractivity contribution >= 4 is 14.4 Å². The summed E-state index contributed by atoms with van der Waals surface area (Å²) in [6.07, 6.45) is 3.22. The van der Waals surface area contributed by atoms with Crippen molar-refractivity contribution in [2.24, 2.45) is 5.92 Å². The van der Waals surface area contributed by atoms with E-state index in [0.29, 0.717) is 12.5 Å². The molecule has 0 aliphatic carbocycles. The van der Waals surface area contributed by atoms with Crippen LogP contribution in [0, 0.1) is 5.92 Å². The summed E-state index contributed by atoms with van der Waals surface area (Å²) in [6.45, 7) is 23.5. The largest absolute Gasteiger partial charge is 0.444 e. The molecule has 1 amide bonds. The van der Waals surface area contributed by atoms with E-state index in [4.69, 9.17) is 9.16 Å². The Labute approximate surface area is 174 Å². The lowest BCUT2D eigenvalue weighted by atomic mass is 9.88. The molecule has 0 aromatic rings. The molecule has 0 unspecified atom stereocenters. The van der Waals surface area contributed by atoms with Crippen LogP contribution in [0.2, 0.25) is 18.1 Å². The number of carbonyl (C=O) groups is 1. The van der Waals surface area contributed by atoms with E-state index in [1.54, 1.807) is 0 Å². The van der Waals surface area contributed by atoms with Crippen LogP contribution < -0.4 is 0 Å². The van der Waals surface area contributed by atoms with Gasteiger partial charge >= 0.3 is 6.09 Å². The van der Waals surface area contributed by atoms with E-state index in [2.05, 4.69) is 45.7 Å². The Bertz CT molecular complexity index is 531. The molecule has 164 valence electrons. The standard InChI is InChI=1S/C22H44N2O3Si/c1-10-23-13-11-17(12-14-23)19-15-18(27-28(8,9)22(5,6)7)16-24(19)20(25)26-21(2,3)4/h17-19H,10-16H2,1-9H3/t18-,19+/m1/s1. The molecule has 6 heteroatoms. The van der Waals surface area contributed by atoms with Crippen LogP contribution in [0.4, 0.5) is 4.79 Å². The van der Waals surface area contributed by atoms with Gasteiger partial charge in [-0.25, -0.2) is 4.79 Å². The first-order valence-electron chi connectivity index (χ1n) is 11.1. The second-order valence-electron chi connectivity index (χ2n) is 11.2. The first-order valence-corrected chi connectivity index (χ1v) is 14.0. The zero-order valence-electron chi connectivity index (χ0n) is 19.8. The van der Waals surface area contributed by atoms with Crippen LogP contribution in [0.1, 0.15) is 67.7 Å². The summed E-state index contributed by atoms with van der Waals surface area (Å²) in [5.74, 6) is 0.545. The van der Waals surface area contributed by atoms with Crippen LogP contribution in [-0.2, 0) is 9.16 Å². The summed E-state index contributed by atoms with van der Waals surface area (Å²) < 4.78 is 12.5. The van der Waals surface area contributed by atoms with Gasteiger partial charge in [-0.05, 0) is 83.7 Å². The molecule has 0 saturated carbocycles. The predicted molar refractivity (Wildman–Crippen MR) is 118 cm³/mol. The van der Waals surface area contributed by atoms with Gasteiger partial charge in [0, 0.05) is 12.6 Å². The minimum Gasteiger partial charge on any atom is -0.444 e. The average Bonchev–Trinajstić information content (AvgIpc) is 2.95. The molecular weight excluding hydrogens is 368 g/mol. The van der Waals surface area contributed by atoms with Crippen molar-refractivity contribution in [1.29, 1.82) is 0 Å². The van der Waals surface area contributed by atoms with Gasteiger partial charge in [-0.3, -0.25) is 0 Å². The van der Waals surface area contributed by atoms with E-state index in [0.717, 1.165) is 38.9 Å². The quantitative estimate of drug-likeness (QED) is 0.601. The Morgan fingerprint density at radius 3 is 2.11 bits per heavy atom. The molecule has 5 nitrogen and oxygen atoms in total. The van der Waals surface area contributed by atoms with E-state index >= 15 is 0 Å². The number of ether oxygens (including phenoxy) is 1. The highest BCUT2D eigenvalue weighted by molar-refractivity contribution is 6.74. The lowest BCUT2D eigenvalue weighted by Gasteiger charge is -2.38. The van der Waals surface area contributed by atoms with Crippen LogP contribution in [-0.4, -0.2) is 68.1 Å². The molecule has 0 N–H and O–H groups in total. The van der Waals surface area contributed by atoms with Crippen molar-refractivity contribution in [2.45, 2.75) is 104 Å². The molecule has 28 heavy (non-hydrogen) atoms. The van der Waals surface area contributed by atoms with Crippen LogP contribution in [0.5, 0.6) is 0 Å². The molecular formula is C22H44N2O3Si. The summed E-state index contributed by atoms with van der Waals surface area (Å²) in [5.41, 5.74) is -0.467. The van der Waals surface area contributed by atoms with Gasteiger partial charge in [0.15, 0.2) is 8.32 Å². The van der Waals surface area contributed by atoms with Gasteiger partial charge in [0.25, 0.3) is 0 Å². The fourth-order valence-electron chi connectivity index (χ4n) is 4.14. The van der Waals surface area contributed by atoms with Gasteiger partial charge in [0.2, 0.25) is 0 Å². The van der Waals surface area contributed by atoms with Crippen molar-refractivity contribution in [2.75, 3.05) is 26.2 Å². The maximum absolute atomic E-state index is 13.0. The molecule has 2 rings (SSSR count). The molecule has 2 saturated heterocycles. The minimum absolute atomic E-state index is 0.127. The van der Waals surface area contributed by atoms with Crippen molar-refractivity contribution < 1.29 is 14.0 Å². The van der Waals surface area contributed by atoms with Crippen molar-refractivity contribution in [3.05, 3.63) is 0 Å². The molecule has 2 fully saturated rings. The molecule has 0 radical (unpaired) electrons. The van der Waals surface area contributed by atoms with Gasteiger partial charge < -0.3 is 19.0 Å². The number of carbonyl (C=O) groups excluding carboxylic acids is 1. The van der Waals surface area contributed by atoms with Crippen LogP contribution >= 0.6 is 0 Å². The normalized spacial score (nSPS) is 26.0. The van der Waals surface area contributed by atoms with E-state index in [9.17, 15) is 4.79 Å². The summed E-state index contributed by atoms with van der Waals surface area (Å²) in [4.78, 5) is 17.5. The number of hydrogen-bond acceptors (Lipinski definition) is 4. The highest BCUT2D eigenvalue weighted by atomic mass is 28.4. The van der Waals surface area contributed by atoms with E-state index < -0.39 is 13.9 Å². The Morgan fingerprint density at radius 2 is 1.64 bits per heavy atom. The lowest BCUT2D eigenvalue weighted by Crippen LogP contribution is -2.46. The Morgan fingerprint density at radius 1 is 1.07 bits per heavy atom. The fourth-order valence-corrected chi connectivity index (χ4v) is 5.49. The third kappa shape index (κ3) is 5.96. The van der Waals surface area contributed by atoms with Crippen LogP contribution in [0.15, 0.2) is 0 Å². The van der Waals surface area contributed by atoms with Gasteiger partial charge in [-0.15, -0.1) is 0 Å². The second-order valence-corrected chi connectivity index (χ2v) is 16.0. The number of piperidine rings is 1. The third-order valence-electron chi connectivity index (χ3n) is 6.82. The summed E-state index contributed by atoms with van der Waals surface area (Å²) in [6, 6.07) is 0.239. The van der Waals surface area contributed by atoms with Crippen LogP contribution in [0.25, 0.3) is 0 Å². The topological polar surface area (TPSA) is 42.0 Å². The van der Waals surface area contributed by atoms with Crippen LogP contribution in [0.3, 0.4) is 0 Å². The predicted octanol–water partition coefficient (Wildman–Crippen LogP) is 5.12. The smallest absolute Gasteiger partial charge is 0.410 e. The molecule has 2 heterocycles. The molecule has 0 spiro atoms. The zero-order chi connectivity index (χ0) is 21.3. The Hall–Kier alpha value is -0.593. The van der Waals surface area contributed by atoms with E-state index in [1.165, 1.54) is 0 Å². The number of rotatable bonds is 4. The van der Waals surface area contributed by atoms with Gasteiger partial charge in [0.05, 0.1) is 6.10 Å². The number of nitrogens with zero attached hydrogens (tertiary/aromatic N) is 2. The first kappa shape index (κ1) is 23.7. The maximum atomic E-state index is 13.0. The van der Waals surface area contributed by atoms with Gasteiger partial charge in [-0.1, -0.05) is 27.7 Å². The van der Waals surface area contributed by atoms with Gasteiger partial charge in [-0.2, -0.15) is 0 Å². The molecule has 2 aliphatic rings. The summed E-state index contributed by atoms with van der Waals surface area (Å²) >= 11 is 0. The van der Waals surface area contributed by atoms with E-state index in [-0.39, 0.29) is 23.3 Å². The number of amides is 1. The summed E-state index contributed by atoms with van der Waals surface area (Å²) in [5, 5.41) is 0.175.